The van der Waals surface area contributed by atoms with Crippen LogP contribution in [0.25, 0.3) is 0 Å². The summed E-state index contributed by atoms with van der Waals surface area (Å²) in [5, 5.41) is 0. The number of carbonyl (C=O) groups is 2. The van der Waals surface area contributed by atoms with Gasteiger partial charge in [0.25, 0.3) is 5.91 Å². The van der Waals surface area contributed by atoms with Crippen LogP contribution in [-0.2, 0) is 9.53 Å². The van der Waals surface area contributed by atoms with E-state index in [1.807, 2.05) is 11.8 Å². The molecule has 23 heavy (non-hydrogen) atoms. The number of nitrogens with zero attached hydrogens (tertiary/aromatic N) is 4. The van der Waals surface area contributed by atoms with Gasteiger partial charge in [-0.1, -0.05) is 0 Å². The molecule has 124 valence electrons. The molecule has 3 heterocycles. The topological polar surface area (TPSA) is 75.6 Å². The Morgan fingerprint density at radius 3 is 2.48 bits per heavy atom. The Morgan fingerprint density at radius 2 is 1.83 bits per heavy atom. The zero-order chi connectivity index (χ0) is 16.2. The van der Waals surface area contributed by atoms with Gasteiger partial charge in [-0.05, 0) is 19.8 Å². The number of piperidine rings is 1. The molecule has 0 unspecified atom stereocenters. The highest BCUT2D eigenvalue weighted by Gasteiger charge is 2.31. The van der Waals surface area contributed by atoms with Gasteiger partial charge in [-0.2, -0.15) is 0 Å². The van der Waals surface area contributed by atoms with Crippen molar-refractivity contribution in [2.75, 3.05) is 39.4 Å². The fraction of sp³-hybridized carbons (Fsp3) is 0.625. The van der Waals surface area contributed by atoms with Crippen LogP contribution in [0.3, 0.4) is 0 Å². The second kappa shape index (κ2) is 7.04. The summed E-state index contributed by atoms with van der Waals surface area (Å²) in [7, 11) is 0. The third-order valence-corrected chi connectivity index (χ3v) is 4.60. The molecule has 3 rings (SSSR count). The van der Waals surface area contributed by atoms with Gasteiger partial charge in [0.2, 0.25) is 5.91 Å². The zero-order valence-corrected chi connectivity index (χ0v) is 13.4. The third-order valence-electron chi connectivity index (χ3n) is 4.60. The molecule has 0 aromatic carbocycles. The second-order valence-electron chi connectivity index (χ2n) is 6.03. The highest BCUT2D eigenvalue weighted by molar-refractivity contribution is 5.95. The standard InChI is InChI=1S/C16H22N4O3/c1-12-14(10-17-11-18-12)16(22)19-4-2-13(3-5-19)15(21)20-6-8-23-9-7-20/h10-11,13H,2-9H2,1H3. The maximum absolute atomic E-state index is 12.5. The van der Waals surface area contributed by atoms with Crippen molar-refractivity contribution in [3.05, 3.63) is 23.8 Å². The van der Waals surface area contributed by atoms with Crippen LogP contribution in [0.5, 0.6) is 0 Å². The predicted octanol–water partition coefficient (Wildman–Crippen LogP) is 0.496. The number of aryl methyl sites for hydroxylation is 1. The minimum atomic E-state index is -0.0413. The van der Waals surface area contributed by atoms with Crippen LogP contribution in [0, 0.1) is 12.8 Å². The van der Waals surface area contributed by atoms with E-state index in [1.165, 1.54) is 6.33 Å². The normalized spacial score (nSPS) is 19.7. The molecule has 0 radical (unpaired) electrons. The van der Waals surface area contributed by atoms with Crippen LogP contribution in [0.1, 0.15) is 28.9 Å². The number of rotatable bonds is 2. The van der Waals surface area contributed by atoms with Gasteiger partial charge in [0.05, 0.1) is 24.5 Å². The fourth-order valence-electron chi connectivity index (χ4n) is 3.14. The lowest BCUT2D eigenvalue weighted by Gasteiger charge is -2.35. The largest absolute Gasteiger partial charge is 0.378 e. The van der Waals surface area contributed by atoms with Gasteiger partial charge in [0.1, 0.15) is 6.33 Å². The Balaban J connectivity index is 1.57. The van der Waals surface area contributed by atoms with Crippen molar-refractivity contribution in [2.45, 2.75) is 19.8 Å². The van der Waals surface area contributed by atoms with Crippen molar-refractivity contribution in [1.82, 2.24) is 19.8 Å². The van der Waals surface area contributed by atoms with Crippen LogP contribution in [0.15, 0.2) is 12.5 Å². The number of ether oxygens (including phenoxy) is 1. The van der Waals surface area contributed by atoms with E-state index in [4.69, 9.17) is 4.74 Å². The maximum atomic E-state index is 12.5. The molecule has 2 fully saturated rings. The quantitative estimate of drug-likeness (QED) is 0.793. The van der Waals surface area contributed by atoms with E-state index in [0.717, 1.165) is 0 Å². The average Bonchev–Trinajstić information content (AvgIpc) is 2.62. The van der Waals surface area contributed by atoms with E-state index in [1.54, 1.807) is 11.1 Å². The molecule has 0 atom stereocenters. The van der Waals surface area contributed by atoms with Crippen molar-refractivity contribution in [3.63, 3.8) is 0 Å². The molecule has 2 aliphatic rings. The summed E-state index contributed by atoms with van der Waals surface area (Å²) in [6, 6.07) is 0. The van der Waals surface area contributed by atoms with E-state index in [9.17, 15) is 9.59 Å². The Bertz CT molecular complexity index is 578. The Morgan fingerprint density at radius 1 is 1.13 bits per heavy atom. The SMILES string of the molecule is Cc1ncncc1C(=O)N1CCC(C(=O)N2CCOCC2)CC1. The molecular formula is C16H22N4O3. The van der Waals surface area contributed by atoms with Gasteiger partial charge in [-0.25, -0.2) is 9.97 Å². The lowest BCUT2D eigenvalue weighted by molar-refractivity contribution is -0.141. The Hall–Kier alpha value is -2.02. The van der Waals surface area contributed by atoms with Crippen molar-refractivity contribution in [3.8, 4) is 0 Å². The zero-order valence-electron chi connectivity index (χ0n) is 13.4. The summed E-state index contributed by atoms with van der Waals surface area (Å²) in [5.41, 5.74) is 1.24. The molecule has 7 heteroatoms. The van der Waals surface area contributed by atoms with Crippen LogP contribution in [0.2, 0.25) is 0 Å². The predicted molar refractivity (Wildman–Crippen MR) is 82.8 cm³/mol. The van der Waals surface area contributed by atoms with Gasteiger partial charge in [-0.3, -0.25) is 9.59 Å². The van der Waals surface area contributed by atoms with Crippen LogP contribution in [-0.4, -0.2) is 71.0 Å². The minimum absolute atomic E-state index is 0.0188. The number of morpholine rings is 1. The summed E-state index contributed by atoms with van der Waals surface area (Å²) in [6.45, 7) is 5.62. The third kappa shape index (κ3) is 3.50. The first-order valence-electron chi connectivity index (χ1n) is 8.09. The number of hydrogen-bond acceptors (Lipinski definition) is 5. The molecule has 0 N–H and O–H groups in total. The molecule has 2 amide bonds. The molecule has 2 saturated heterocycles. The highest BCUT2D eigenvalue weighted by Crippen LogP contribution is 2.22. The maximum Gasteiger partial charge on any atom is 0.257 e. The second-order valence-corrected chi connectivity index (χ2v) is 6.03. The lowest BCUT2D eigenvalue weighted by Crippen LogP contribution is -2.47. The molecule has 2 aliphatic heterocycles. The number of hydrogen-bond donors (Lipinski definition) is 0. The number of likely N-dealkylation sites (tertiary alicyclic amines) is 1. The van der Waals surface area contributed by atoms with Crippen molar-refractivity contribution in [1.29, 1.82) is 0 Å². The molecule has 1 aromatic heterocycles. The highest BCUT2D eigenvalue weighted by atomic mass is 16.5. The first-order chi connectivity index (χ1) is 11.2. The van der Waals surface area contributed by atoms with Gasteiger partial charge in [0, 0.05) is 38.3 Å². The summed E-state index contributed by atoms with van der Waals surface area (Å²) in [5.74, 6) is 0.185. The van der Waals surface area contributed by atoms with E-state index in [0.29, 0.717) is 63.5 Å². The van der Waals surface area contributed by atoms with Crippen molar-refractivity contribution < 1.29 is 14.3 Å². The number of carbonyl (C=O) groups excluding carboxylic acids is 2. The van der Waals surface area contributed by atoms with E-state index in [2.05, 4.69) is 9.97 Å². The van der Waals surface area contributed by atoms with Gasteiger partial charge in [0.15, 0.2) is 0 Å². The van der Waals surface area contributed by atoms with Gasteiger partial charge in [-0.15, -0.1) is 0 Å². The molecule has 0 bridgehead atoms. The summed E-state index contributed by atoms with van der Waals surface area (Å²) < 4.78 is 5.29. The van der Waals surface area contributed by atoms with Crippen molar-refractivity contribution in [2.24, 2.45) is 5.92 Å². The molecular weight excluding hydrogens is 296 g/mol. The van der Waals surface area contributed by atoms with Crippen LogP contribution < -0.4 is 0 Å². The average molecular weight is 318 g/mol. The number of amides is 2. The fourth-order valence-corrected chi connectivity index (χ4v) is 3.14. The van der Waals surface area contributed by atoms with Crippen molar-refractivity contribution >= 4 is 11.8 Å². The summed E-state index contributed by atoms with van der Waals surface area (Å²) in [4.78, 5) is 36.7. The minimum Gasteiger partial charge on any atom is -0.378 e. The van der Waals surface area contributed by atoms with E-state index < -0.39 is 0 Å². The molecule has 0 aliphatic carbocycles. The summed E-state index contributed by atoms with van der Waals surface area (Å²) in [6.07, 6.45) is 4.44. The molecule has 1 aromatic rings. The Labute approximate surface area is 135 Å². The first-order valence-corrected chi connectivity index (χ1v) is 8.09. The monoisotopic (exact) mass is 318 g/mol. The van der Waals surface area contributed by atoms with Gasteiger partial charge >= 0.3 is 0 Å². The smallest absolute Gasteiger partial charge is 0.257 e. The van der Waals surface area contributed by atoms with Gasteiger partial charge < -0.3 is 14.5 Å². The first kappa shape index (κ1) is 15.9. The Kier molecular flexibility index (Phi) is 4.85. The number of aromatic nitrogens is 2. The van der Waals surface area contributed by atoms with Crippen LogP contribution >= 0.6 is 0 Å². The van der Waals surface area contributed by atoms with E-state index >= 15 is 0 Å². The summed E-state index contributed by atoms with van der Waals surface area (Å²) >= 11 is 0. The van der Waals surface area contributed by atoms with Crippen LogP contribution in [0.4, 0.5) is 0 Å². The molecule has 0 spiro atoms. The molecule has 0 saturated carbocycles. The molecule has 7 nitrogen and oxygen atoms in total. The lowest BCUT2D eigenvalue weighted by atomic mass is 9.94. The van der Waals surface area contributed by atoms with E-state index in [-0.39, 0.29) is 17.7 Å².